The second-order valence-corrected chi connectivity index (χ2v) is 19.6. The fraction of sp³-hybridized carbons (Fsp3) is 0.724. The van der Waals surface area contributed by atoms with Gasteiger partial charge in [-0.05, 0) is 18.1 Å². The number of halogens is 3. The largest absolute Gasteiger partial charge is 0.463 e. The Morgan fingerprint density at radius 1 is 0.917 bits per heavy atom. The lowest BCUT2D eigenvalue weighted by molar-refractivity contribution is -0.290. The summed E-state index contributed by atoms with van der Waals surface area (Å²) < 4.78 is 43.1. The van der Waals surface area contributed by atoms with Crippen LogP contribution in [-0.2, 0) is 66.4 Å². The molecule has 2 aliphatic heterocycles. The van der Waals surface area contributed by atoms with Crippen molar-refractivity contribution in [1.82, 2.24) is 5.32 Å². The summed E-state index contributed by atoms with van der Waals surface area (Å²) in [5.74, 6) is -5.27. The number of hydrogen-bond donors (Lipinski definition) is 1. The highest BCUT2D eigenvalue weighted by Gasteiger charge is 2.57. The Hall–Kier alpha value is -2.47. The van der Waals surface area contributed by atoms with Gasteiger partial charge in [-0.1, -0.05) is 61.7 Å². The predicted molar refractivity (Wildman–Crippen MR) is 171 cm³/mol. The number of nitrogens with one attached hydrogen (secondary N) is 1. The van der Waals surface area contributed by atoms with Gasteiger partial charge in [0.25, 0.3) is 9.70 Å². The molecular formula is C29H42Cl3NO14Si. The van der Waals surface area contributed by atoms with Crippen LogP contribution in [0, 0.1) is 0 Å². The van der Waals surface area contributed by atoms with Crippen LogP contribution in [0.5, 0.6) is 0 Å². The first-order chi connectivity index (χ1) is 21.9. The normalized spacial score (nSPS) is 28.4. The maximum absolute atomic E-state index is 13.2. The summed E-state index contributed by atoms with van der Waals surface area (Å²) in [5, 5.41) is 2.03. The average molecular weight is 763 g/mol. The number of alkyl halides is 3. The molecule has 1 amide bonds. The number of cyclic esters (lactones) is 1. The molecule has 0 radical (unpaired) electrons. The van der Waals surface area contributed by atoms with E-state index in [0.29, 0.717) is 0 Å². The molecule has 2 heterocycles. The Balaban J connectivity index is 2.63. The van der Waals surface area contributed by atoms with Crippen LogP contribution in [0.1, 0.15) is 48.5 Å². The molecule has 48 heavy (non-hydrogen) atoms. The molecule has 9 atom stereocenters. The molecule has 0 aromatic heterocycles. The predicted octanol–water partition coefficient (Wildman–Crippen LogP) is 2.81. The number of ether oxygens (including phenoxy) is 7. The highest BCUT2D eigenvalue weighted by molar-refractivity contribution is 6.76. The van der Waals surface area contributed by atoms with E-state index in [4.69, 9.17) is 72.4 Å². The summed E-state index contributed by atoms with van der Waals surface area (Å²) in [5.41, 5.74) is 0. The van der Waals surface area contributed by atoms with Gasteiger partial charge in [0.15, 0.2) is 45.1 Å². The summed E-state index contributed by atoms with van der Waals surface area (Å²) >= 11 is 17.4. The van der Waals surface area contributed by atoms with Crippen LogP contribution in [0.3, 0.4) is 0 Å². The second-order valence-electron chi connectivity index (χ2n) is 12.6. The van der Waals surface area contributed by atoms with Crippen molar-refractivity contribution in [3.05, 3.63) is 12.7 Å². The fourth-order valence-electron chi connectivity index (χ4n) is 4.59. The molecule has 2 rings (SSSR count). The molecule has 19 heteroatoms. The van der Waals surface area contributed by atoms with Gasteiger partial charge in [0.1, 0.15) is 24.9 Å². The quantitative estimate of drug-likeness (QED) is 0.101. The molecule has 0 aromatic carbocycles. The average Bonchev–Trinajstić information content (AvgIpc) is 3.20. The van der Waals surface area contributed by atoms with Crippen molar-refractivity contribution >= 4 is 78.9 Å². The third kappa shape index (κ3) is 11.0. The molecule has 0 aromatic rings. The van der Waals surface area contributed by atoms with Gasteiger partial charge in [0.05, 0.1) is 0 Å². The number of carbonyl (C=O) groups excluding carboxylic acids is 6. The van der Waals surface area contributed by atoms with Gasteiger partial charge >= 0.3 is 29.8 Å². The van der Waals surface area contributed by atoms with Crippen molar-refractivity contribution in [2.24, 2.45) is 0 Å². The van der Waals surface area contributed by atoms with Crippen molar-refractivity contribution in [3.8, 4) is 0 Å². The molecule has 1 N–H and O–H groups in total. The van der Waals surface area contributed by atoms with Crippen LogP contribution in [0.4, 0.5) is 0 Å². The molecule has 0 unspecified atom stereocenters. The van der Waals surface area contributed by atoms with Crippen LogP contribution in [0.2, 0.25) is 18.1 Å². The highest BCUT2D eigenvalue weighted by atomic mass is 35.6. The molecule has 2 fully saturated rings. The zero-order chi connectivity index (χ0) is 36.9. The number of esters is 5. The van der Waals surface area contributed by atoms with E-state index in [1.807, 2.05) is 33.9 Å². The first-order valence-electron chi connectivity index (χ1n) is 14.7. The van der Waals surface area contributed by atoms with Gasteiger partial charge in [-0.3, -0.25) is 24.0 Å². The van der Waals surface area contributed by atoms with Crippen molar-refractivity contribution in [1.29, 1.82) is 0 Å². The lowest BCUT2D eigenvalue weighted by Crippen LogP contribution is -2.68. The molecule has 272 valence electrons. The Morgan fingerprint density at radius 3 is 1.90 bits per heavy atom. The van der Waals surface area contributed by atoms with Gasteiger partial charge in [0, 0.05) is 27.7 Å². The van der Waals surface area contributed by atoms with Crippen LogP contribution >= 0.6 is 34.8 Å². The Labute approximate surface area is 294 Å². The zero-order valence-corrected chi connectivity index (χ0v) is 31.3. The van der Waals surface area contributed by atoms with Crippen molar-refractivity contribution in [2.75, 3.05) is 6.61 Å². The summed E-state index contributed by atoms with van der Waals surface area (Å²) in [6, 6.07) is -1.58. The van der Waals surface area contributed by atoms with E-state index in [0.717, 1.165) is 27.7 Å². The molecule has 0 bridgehead atoms. The molecular weight excluding hydrogens is 721 g/mol. The first kappa shape index (κ1) is 41.7. The monoisotopic (exact) mass is 761 g/mol. The smallest absolute Gasteiger partial charge is 0.338 e. The van der Waals surface area contributed by atoms with Crippen molar-refractivity contribution in [2.45, 2.75) is 125 Å². The summed E-state index contributed by atoms with van der Waals surface area (Å²) in [4.78, 5) is 74.5. The highest BCUT2D eigenvalue weighted by Crippen LogP contribution is 2.40. The minimum absolute atomic E-state index is 0.342. The molecule has 15 nitrogen and oxygen atoms in total. The van der Waals surface area contributed by atoms with Gasteiger partial charge in [-0.2, -0.15) is 0 Å². The van der Waals surface area contributed by atoms with Crippen molar-refractivity contribution in [3.63, 3.8) is 0 Å². The lowest BCUT2D eigenvalue weighted by atomic mass is 9.95. The molecule has 0 spiro atoms. The van der Waals surface area contributed by atoms with Gasteiger partial charge in [-0.25, -0.2) is 4.79 Å². The van der Waals surface area contributed by atoms with Gasteiger partial charge in [-0.15, -0.1) is 6.58 Å². The minimum atomic E-state index is -2.64. The zero-order valence-electron chi connectivity index (χ0n) is 28.0. The van der Waals surface area contributed by atoms with E-state index in [2.05, 4.69) is 11.9 Å². The van der Waals surface area contributed by atoms with Gasteiger partial charge < -0.3 is 42.9 Å². The standard InChI is InChI=1S/C29H42Cl3NO14Si/c1-11-17(20-23(43-16(5)37)24(25(38)46-20)47-48(9,10)28(6,7)8)44-26-19(33-27(39)29(30,31)32)22(42-15(4)36)21(41-14(3)35)18(45-26)12-40-13(2)34/h11,17-24,26H,1,12H2,2-10H3,(H,33,39)/t17-,18+,19+,20+,21+,22+,23+,24-,26+/m0/s1. The van der Waals surface area contributed by atoms with Gasteiger partial charge in [0.2, 0.25) is 0 Å². The summed E-state index contributed by atoms with van der Waals surface area (Å²) in [7, 11) is -2.64. The van der Waals surface area contributed by atoms with E-state index < -0.39 is 110 Å². The SMILES string of the molecule is C=C[C@H](O[C@@H]1O[C@H](COC(C)=O)[C@@H](OC(C)=O)[C@H](OC(C)=O)[C@H]1NC(=O)C(Cl)(Cl)Cl)[C@H]1OC(=O)[C@@H](O[Si](C)(C)C(C)(C)C)[C@@H]1OC(C)=O. The summed E-state index contributed by atoms with van der Waals surface area (Å²) in [6.45, 7) is 17.2. The third-order valence-electron chi connectivity index (χ3n) is 7.74. The molecule has 2 saturated heterocycles. The molecule has 0 saturated carbocycles. The summed E-state index contributed by atoms with van der Waals surface area (Å²) in [6.07, 6.45) is -10.3. The van der Waals surface area contributed by atoms with E-state index in [1.165, 1.54) is 6.08 Å². The van der Waals surface area contributed by atoms with Crippen LogP contribution in [0.15, 0.2) is 12.7 Å². The maximum atomic E-state index is 13.2. The van der Waals surface area contributed by atoms with Crippen LogP contribution in [0.25, 0.3) is 0 Å². The number of rotatable bonds is 12. The third-order valence-corrected chi connectivity index (χ3v) is 12.7. The Bertz CT molecular complexity index is 1250. The second kappa shape index (κ2) is 16.5. The molecule has 2 aliphatic rings. The Morgan fingerprint density at radius 2 is 1.44 bits per heavy atom. The maximum Gasteiger partial charge on any atom is 0.338 e. The van der Waals surface area contributed by atoms with Crippen LogP contribution < -0.4 is 5.32 Å². The molecule has 0 aliphatic carbocycles. The fourth-order valence-corrected chi connectivity index (χ4v) is 5.97. The number of amides is 1. The van der Waals surface area contributed by atoms with E-state index >= 15 is 0 Å². The topological polar surface area (TPSA) is 188 Å². The number of carbonyl (C=O) groups is 6. The number of hydrogen-bond acceptors (Lipinski definition) is 14. The van der Waals surface area contributed by atoms with Crippen LogP contribution in [-0.4, -0.2) is 110 Å². The van der Waals surface area contributed by atoms with E-state index in [9.17, 15) is 28.8 Å². The lowest BCUT2D eigenvalue weighted by Gasteiger charge is -2.46. The Kier molecular flexibility index (Phi) is 14.3. The first-order valence-corrected chi connectivity index (χ1v) is 18.8. The van der Waals surface area contributed by atoms with Crippen molar-refractivity contribution < 1.29 is 66.4 Å². The van der Waals surface area contributed by atoms with E-state index in [-0.39, 0.29) is 5.04 Å². The van der Waals surface area contributed by atoms with E-state index in [1.54, 1.807) is 0 Å². The minimum Gasteiger partial charge on any atom is -0.463 e.